The molecule has 10 heavy (non-hydrogen) atoms. The molecule has 1 atom stereocenters. The van der Waals surface area contributed by atoms with Crippen LogP contribution in [0.15, 0.2) is 0 Å². The first kappa shape index (κ1) is 9.23. The number of carbonyl (C=O) groups is 1. The normalized spacial score (nSPS) is 13.2. The summed E-state index contributed by atoms with van der Waals surface area (Å²) in [5.74, 6) is 0.367. The fourth-order valence-electron chi connectivity index (χ4n) is 0.454. The zero-order valence-corrected chi connectivity index (χ0v) is 6.42. The van der Waals surface area contributed by atoms with Crippen molar-refractivity contribution in [1.82, 2.24) is 5.32 Å². The summed E-state index contributed by atoms with van der Waals surface area (Å²) in [7, 11) is 0. The van der Waals surface area contributed by atoms with Crippen LogP contribution in [0.25, 0.3) is 0 Å². The number of nitrogens with two attached hydrogens (primary N) is 2. The van der Waals surface area contributed by atoms with Crippen LogP contribution >= 0.6 is 0 Å². The standard InChI is InChI=1S/C6H15N3O/c1-4(2)5(7)3-9-6(8)10/h4-5H,3,7H2,1-2H3,(H3,8,9,10). The van der Waals surface area contributed by atoms with E-state index in [0.717, 1.165) is 0 Å². The van der Waals surface area contributed by atoms with Crippen molar-refractivity contribution in [2.24, 2.45) is 17.4 Å². The van der Waals surface area contributed by atoms with E-state index in [1.165, 1.54) is 0 Å². The second-order valence-electron chi connectivity index (χ2n) is 2.65. The number of nitrogens with one attached hydrogen (secondary N) is 1. The molecule has 0 aliphatic heterocycles. The lowest BCUT2D eigenvalue weighted by molar-refractivity contribution is 0.247. The monoisotopic (exact) mass is 145 g/mol. The molecule has 0 spiro atoms. The molecule has 1 unspecified atom stereocenters. The van der Waals surface area contributed by atoms with Crippen molar-refractivity contribution in [3.63, 3.8) is 0 Å². The van der Waals surface area contributed by atoms with E-state index >= 15 is 0 Å². The molecule has 0 saturated heterocycles. The van der Waals surface area contributed by atoms with Gasteiger partial charge in [0.05, 0.1) is 0 Å². The lowest BCUT2D eigenvalue weighted by Gasteiger charge is -2.14. The third-order valence-corrected chi connectivity index (χ3v) is 1.37. The Labute approximate surface area is 61.0 Å². The smallest absolute Gasteiger partial charge is 0.312 e. The Kier molecular flexibility index (Phi) is 3.79. The number of urea groups is 1. The molecule has 0 rings (SSSR count). The van der Waals surface area contributed by atoms with Gasteiger partial charge >= 0.3 is 6.03 Å². The first-order valence-electron chi connectivity index (χ1n) is 3.33. The van der Waals surface area contributed by atoms with Crippen molar-refractivity contribution < 1.29 is 4.79 Å². The molecule has 4 heteroatoms. The average molecular weight is 145 g/mol. The number of carbonyl (C=O) groups excluding carboxylic acids is 1. The molecule has 0 aliphatic carbocycles. The van der Waals surface area contributed by atoms with Gasteiger partial charge in [-0.2, -0.15) is 0 Å². The van der Waals surface area contributed by atoms with Gasteiger partial charge in [-0.15, -0.1) is 0 Å². The fourth-order valence-corrected chi connectivity index (χ4v) is 0.454. The molecule has 0 aromatic rings. The third-order valence-electron chi connectivity index (χ3n) is 1.37. The van der Waals surface area contributed by atoms with Crippen molar-refractivity contribution in [2.45, 2.75) is 19.9 Å². The van der Waals surface area contributed by atoms with Crippen molar-refractivity contribution in [3.05, 3.63) is 0 Å². The van der Waals surface area contributed by atoms with Crippen LogP contribution in [0, 0.1) is 5.92 Å². The molecule has 0 heterocycles. The number of amides is 2. The highest BCUT2D eigenvalue weighted by molar-refractivity contribution is 5.71. The molecule has 0 radical (unpaired) electrons. The Hall–Kier alpha value is -0.770. The first-order chi connectivity index (χ1) is 4.54. The minimum atomic E-state index is -0.517. The van der Waals surface area contributed by atoms with Crippen LogP contribution in [-0.2, 0) is 0 Å². The Bertz CT molecular complexity index is 114. The molecular formula is C6H15N3O. The summed E-state index contributed by atoms with van der Waals surface area (Å²) >= 11 is 0. The molecule has 2 amide bonds. The van der Waals surface area contributed by atoms with Gasteiger partial charge in [0.15, 0.2) is 0 Å². The lowest BCUT2D eigenvalue weighted by Crippen LogP contribution is -2.42. The predicted molar refractivity (Wildman–Crippen MR) is 40.4 cm³/mol. The maximum atomic E-state index is 10.2. The maximum Gasteiger partial charge on any atom is 0.312 e. The van der Waals surface area contributed by atoms with Gasteiger partial charge in [-0.05, 0) is 5.92 Å². The van der Waals surface area contributed by atoms with Gasteiger partial charge in [-0.3, -0.25) is 0 Å². The largest absolute Gasteiger partial charge is 0.352 e. The van der Waals surface area contributed by atoms with Crippen LogP contribution in [0.1, 0.15) is 13.8 Å². The summed E-state index contributed by atoms with van der Waals surface area (Å²) in [5.41, 5.74) is 10.4. The highest BCUT2D eigenvalue weighted by atomic mass is 16.2. The second-order valence-corrected chi connectivity index (χ2v) is 2.65. The first-order valence-corrected chi connectivity index (χ1v) is 3.33. The Morgan fingerprint density at radius 3 is 2.40 bits per heavy atom. The van der Waals surface area contributed by atoms with Crippen LogP contribution in [0.3, 0.4) is 0 Å². The van der Waals surface area contributed by atoms with Crippen molar-refractivity contribution in [2.75, 3.05) is 6.54 Å². The van der Waals surface area contributed by atoms with Crippen molar-refractivity contribution in [3.8, 4) is 0 Å². The van der Waals surface area contributed by atoms with Crippen LogP contribution in [0.2, 0.25) is 0 Å². The Balaban J connectivity index is 3.39. The molecule has 60 valence electrons. The van der Waals surface area contributed by atoms with Gasteiger partial charge in [0.25, 0.3) is 0 Å². The zero-order valence-electron chi connectivity index (χ0n) is 6.42. The van der Waals surface area contributed by atoms with Gasteiger partial charge < -0.3 is 16.8 Å². The molecule has 0 aromatic carbocycles. The topological polar surface area (TPSA) is 81.1 Å². The molecule has 0 fully saturated rings. The lowest BCUT2D eigenvalue weighted by atomic mass is 10.1. The fraction of sp³-hybridized carbons (Fsp3) is 0.833. The summed E-state index contributed by atoms with van der Waals surface area (Å²) < 4.78 is 0. The van der Waals surface area contributed by atoms with E-state index in [1.807, 2.05) is 13.8 Å². The maximum absolute atomic E-state index is 10.2. The zero-order chi connectivity index (χ0) is 8.15. The minimum Gasteiger partial charge on any atom is -0.352 e. The van der Waals surface area contributed by atoms with Crippen molar-refractivity contribution in [1.29, 1.82) is 0 Å². The number of primary amides is 1. The third kappa shape index (κ3) is 4.14. The molecule has 0 aromatic heterocycles. The van der Waals surface area contributed by atoms with E-state index in [9.17, 15) is 4.79 Å². The molecule has 4 nitrogen and oxygen atoms in total. The highest BCUT2D eigenvalue weighted by Crippen LogP contribution is 1.95. The van der Waals surface area contributed by atoms with Gasteiger partial charge in [0.2, 0.25) is 0 Å². The summed E-state index contributed by atoms with van der Waals surface area (Å²) in [6.45, 7) is 4.44. The van der Waals surface area contributed by atoms with E-state index < -0.39 is 6.03 Å². The SMILES string of the molecule is CC(C)C(N)CNC(N)=O. The van der Waals surface area contributed by atoms with Crippen LogP contribution in [0.5, 0.6) is 0 Å². The second kappa shape index (κ2) is 4.11. The van der Waals surface area contributed by atoms with Gasteiger partial charge in [-0.25, -0.2) is 4.79 Å². The summed E-state index contributed by atoms with van der Waals surface area (Å²) in [6, 6.07) is -0.524. The van der Waals surface area contributed by atoms with Crippen LogP contribution < -0.4 is 16.8 Å². The molecule has 5 N–H and O–H groups in total. The van der Waals surface area contributed by atoms with Gasteiger partial charge in [-0.1, -0.05) is 13.8 Å². The van der Waals surface area contributed by atoms with Gasteiger partial charge in [0.1, 0.15) is 0 Å². The van der Waals surface area contributed by atoms with E-state index in [0.29, 0.717) is 12.5 Å². The van der Waals surface area contributed by atoms with E-state index in [4.69, 9.17) is 11.5 Å². The Morgan fingerprint density at radius 1 is 1.60 bits per heavy atom. The van der Waals surface area contributed by atoms with Crippen molar-refractivity contribution >= 4 is 6.03 Å². The number of rotatable bonds is 3. The Morgan fingerprint density at radius 2 is 2.10 bits per heavy atom. The molecule has 0 aliphatic rings. The van der Waals surface area contributed by atoms with E-state index in [-0.39, 0.29) is 6.04 Å². The van der Waals surface area contributed by atoms with Gasteiger partial charge in [0, 0.05) is 12.6 Å². The summed E-state index contributed by atoms with van der Waals surface area (Å²) in [6.07, 6.45) is 0. The predicted octanol–water partition coefficient (Wildman–Crippen LogP) is -0.362. The molecule has 0 saturated carbocycles. The highest BCUT2D eigenvalue weighted by Gasteiger charge is 2.06. The number of hydrogen-bond acceptors (Lipinski definition) is 2. The van der Waals surface area contributed by atoms with E-state index in [2.05, 4.69) is 5.32 Å². The quantitative estimate of drug-likeness (QED) is 0.507. The minimum absolute atomic E-state index is 0.00694. The van der Waals surface area contributed by atoms with E-state index in [1.54, 1.807) is 0 Å². The molecular weight excluding hydrogens is 130 g/mol. The summed E-state index contributed by atoms with van der Waals surface area (Å²) in [5, 5.41) is 2.44. The number of hydrogen-bond donors (Lipinski definition) is 3. The van der Waals surface area contributed by atoms with Crippen LogP contribution in [-0.4, -0.2) is 18.6 Å². The molecule has 0 bridgehead atoms. The average Bonchev–Trinajstić information content (AvgIpc) is 1.82. The van der Waals surface area contributed by atoms with Crippen LogP contribution in [0.4, 0.5) is 4.79 Å². The summed E-state index contributed by atoms with van der Waals surface area (Å²) in [4.78, 5) is 10.2.